The monoisotopic (exact) mass is 238 g/mol. The van der Waals surface area contributed by atoms with Crippen molar-refractivity contribution in [3.05, 3.63) is 35.4 Å². The minimum atomic E-state index is -0.886. The summed E-state index contributed by atoms with van der Waals surface area (Å²) in [4.78, 5) is 0. The summed E-state index contributed by atoms with van der Waals surface area (Å²) in [6.07, 6.45) is 3.83. The Morgan fingerprint density at radius 1 is 1.12 bits per heavy atom. The van der Waals surface area contributed by atoms with Crippen LogP contribution in [0.2, 0.25) is 0 Å². The average molecular weight is 238 g/mol. The molecule has 0 radical (unpaired) electrons. The molecule has 0 heterocycles. The van der Waals surface area contributed by atoms with Crippen LogP contribution >= 0.6 is 0 Å². The first-order valence-electron chi connectivity index (χ1n) is 6.32. The largest absolute Gasteiger partial charge is 0.388 e. The molecule has 1 aromatic carbocycles. The summed E-state index contributed by atoms with van der Waals surface area (Å²) in [5.74, 6) is -0.551. The van der Waals surface area contributed by atoms with Gasteiger partial charge >= 0.3 is 0 Å². The quantitative estimate of drug-likeness (QED) is 0.836. The van der Waals surface area contributed by atoms with Crippen LogP contribution in [0.15, 0.2) is 18.2 Å². The van der Waals surface area contributed by atoms with Crippen molar-refractivity contribution in [2.24, 2.45) is 17.8 Å². The highest BCUT2D eigenvalue weighted by molar-refractivity contribution is 5.24. The first-order chi connectivity index (χ1) is 8.20. The predicted molar refractivity (Wildman–Crippen MR) is 60.3 cm³/mol. The fourth-order valence-electron chi connectivity index (χ4n) is 3.47. The minimum absolute atomic E-state index is 0.129. The van der Waals surface area contributed by atoms with Crippen LogP contribution in [-0.2, 0) is 0 Å². The SMILES string of the molecule is OC(c1cccc(F)c1F)C1C2CCCCC21. The van der Waals surface area contributed by atoms with E-state index in [-0.39, 0.29) is 11.5 Å². The Labute approximate surface area is 99.5 Å². The van der Waals surface area contributed by atoms with Crippen LogP contribution in [0.25, 0.3) is 0 Å². The van der Waals surface area contributed by atoms with Crippen LogP contribution in [0.5, 0.6) is 0 Å². The summed E-state index contributed by atoms with van der Waals surface area (Å²) in [6.45, 7) is 0. The Bertz CT molecular complexity index is 420. The van der Waals surface area contributed by atoms with Gasteiger partial charge in [-0.05, 0) is 36.7 Å². The van der Waals surface area contributed by atoms with Crippen molar-refractivity contribution >= 4 is 0 Å². The van der Waals surface area contributed by atoms with E-state index in [4.69, 9.17) is 0 Å². The first kappa shape index (κ1) is 11.1. The highest BCUT2D eigenvalue weighted by Gasteiger charge is 2.54. The number of rotatable bonds is 2. The lowest BCUT2D eigenvalue weighted by atomic mass is 10.0. The molecule has 1 N–H and O–H groups in total. The third kappa shape index (κ3) is 1.77. The summed E-state index contributed by atoms with van der Waals surface area (Å²) >= 11 is 0. The molecule has 0 aromatic heterocycles. The van der Waals surface area contributed by atoms with Crippen molar-refractivity contribution in [1.29, 1.82) is 0 Å². The smallest absolute Gasteiger partial charge is 0.164 e. The number of hydrogen-bond donors (Lipinski definition) is 1. The van der Waals surface area contributed by atoms with Gasteiger partial charge in [0.25, 0.3) is 0 Å². The molecule has 17 heavy (non-hydrogen) atoms. The topological polar surface area (TPSA) is 20.2 Å². The summed E-state index contributed by atoms with van der Waals surface area (Å²) in [5.41, 5.74) is 0.129. The molecule has 0 amide bonds. The summed E-state index contributed by atoms with van der Waals surface area (Å²) in [5, 5.41) is 10.2. The molecule has 3 atom stereocenters. The van der Waals surface area contributed by atoms with E-state index in [0.717, 1.165) is 18.9 Å². The number of fused-ring (bicyclic) bond motifs is 1. The Balaban J connectivity index is 1.83. The lowest BCUT2D eigenvalue weighted by Gasteiger charge is -2.12. The summed E-state index contributed by atoms with van der Waals surface area (Å²) < 4.78 is 26.7. The molecule has 0 aliphatic heterocycles. The highest BCUT2D eigenvalue weighted by Crippen LogP contribution is 2.60. The number of halogens is 2. The molecule has 2 fully saturated rings. The molecular weight excluding hydrogens is 222 g/mol. The zero-order valence-electron chi connectivity index (χ0n) is 9.57. The van der Waals surface area contributed by atoms with Gasteiger partial charge in [-0.25, -0.2) is 8.78 Å². The van der Waals surface area contributed by atoms with E-state index in [1.165, 1.54) is 25.0 Å². The predicted octanol–water partition coefficient (Wildman–Crippen LogP) is 3.43. The number of aliphatic hydroxyl groups excluding tert-OH is 1. The van der Waals surface area contributed by atoms with E-state index in [0.29, 0.717) is 11.8 Å². The van der Waals surface area contributed by atoms with E-state index >= 15 is 0 Å². The van der Waals surface area contributed by atoms with Gasteiger partial charge in [0.1, 0.15) is 0 Å². The van der Waals surface area contributed by atoms with E-state index in [9.17, 15) is 13.9 Å². The van der Waals surface area contributed by atoms with Crippen molar-refractivity contribution in [2.45, 2.75) is 31.8 Å². The van der Waals surface area contributed by atoms with Gasteiger partial charge in [-0.15, -0.1) is 0 Å². The Morgan fingerprint density at radius 2 is 1.76 bits per heavy atom. The van der Waals surface area contributed by atoms with Gasteiger partial charge in [0, 0.05) is 5.56 Å². The molecule has 3 unspecified atom stereocenters. The molecule has 0 bridgehead atoms. The zero-order valence-corrected chi connectivity index (χ0v) is 9.57. The summed E-state index contributed by atoms with van der Waals surface area (Å²) in [6, 6.07) is 4.04. The third-order valence-electron chi connectivity index (χ3n) is 4.39. The van der Waals surface area contributed by atoms with E-state index in [1.807, 2.05) is 0 Å². The Hall–Kier alpha value is -0.960. The van der Waals surface area contributed by atoms with Crippen molar-refractivity contribution in [3.8, 4) is 0 Å². The second-order valence-corrected chi connectivity index (χ2v) is 5.28. The third-order valence-corrected chi connectivity index (χ3v) is 4.39. The van der Waals surface area contributed by atoms with Gasteiger partial charge in [-0.1, -0.05) is 25.0 Å². The zero-order chi connectivity index (χ0) is 12.0. The van der Waals surface area contributed by atoms with Gasteiger partial charge in [0.05, 0.1) is 6.10 Å². The molecule has 0 spiro atoms. The lowest BCUT2D eigenvalue weighted by molar-refractivity contribution is 0.137. The van der Waals surface area contributed by atoms with Gasteiger partial charge in [-0.2, -0.15) is 0 Å². The van der Waals surface area contributed by atoms with Gasteiger partial charge in [-0.3, -0.25) is 0 Å². The van der Waals surface area contributed by atoms with E-state index in [2.05, 4.69) is 0 Å². The van der Waals surface area contributed by atoms with Crippen LogP contribution in [0, 0.1) is 29.4 Å². The van der Waals surface area contributed by atoms with Gasteiger partial charge in [0.2, 0.25) is 0 Å². The first-order valence-corrected chi connectivity index (χ1v) is 6.32. The maximum Gasteiger partial charge on any atom is 0.164 e. The van der Waals surface area contributed by atoms with Crippen LogP contribution < -0.4 is 0 Å². The van der Waals surface area contributed by atoms with Crippen molar-refractivity contribution in [1.82, 2.24) is 0 Å². The van der Waals surface area contributed by atoms with Gasteiger partial charge in [0.15, 0.2) is 11.6 Å². The fourth-order valence-corrected chi connectivity index (χ4v) is 3.47. The number of hydrogen-bond acceptors (Lipinski definition) is 1. The molecule has 0 saturated heterocycles. The Morgan fingerprint density at radius 3 is 2.41 bits per heavy atom. The molecule has 2 aliphatic carbocycles. The second-order valence-electron chi connectivity index (χ2n) is 5.28. The Kier molecular flexibility index (Phi) is 2.66. The second kappa shape index (κ2) is 4.05. The highest BCUT2D eigenvalue weighted by atomic mass is 19.2. The van der Waals surface area contributed by atoms with E-state index in [1.54, 1.807) is 0 Å². The number of benzene rings is 1. The van der Waals surface area contributed by atoms with Crippen LogP contribution in [0.1, 0.15) is 37.4 Å². The number of aliphatic hydroxyl groups is 1. The van der Waals surface area contributed by atoms with Crippen LogP contribution in [0.3, 0.4) is 0 Å². The van der Waals surface area contributed by atoms with Crippen molar-refractivity contribution < 1.29 is 13.9 Å². The van der Waals surface area contributed by atoms with Crippen LogP contribution in [0.4, 0.5) is 8.78 Å². The van der Waals surface area contributed by atoms with Crippen molar-refractivity contribution in [3.63, 3.8) is 0 Å². The lowest BCUT2D eigenvalue weighted by Crippen LogP contribution is -2.06. The summed E-state index contributed by atoms with van der Waals surface area (Å²) in [7, 11) is 0. The van der Waals surface area contributed by atoms with Gasteiger partial charge < -0.3 is 5.11 Å². The molecule has 1 nitrogen and oxygen atoms in total. The fraction of sp³-hybridized carbons (Fsp3) is 0.571. The molecule has 92 valence electrons. The molecule has 3 rings (SSSR count). The average Bonchev–Trinajstić information content (AvgIpc) is 3.06. The van der Waals surface area contributed by atoms with Crippen LogP contribution in [-0.4, -0.2) is 5.11 Å². The maximum atomic E-state index is 13.6. The molecule has 1 aromatic rings. The maximum absolute atomic E-state index is 13.6. The van der Waals surface area contributed by atoms with E-state index < -0.39 is 17.7 Å². The minimum Gasteiger partial charge on any atom is -0.388 e. The normalized spacial score (nSPS) is 33.0. The van der Waals surface area contributed by atoms with Crippen molar-refractivity contribution in [2.75, 3.05) is 0 Å². The molecule has 3 heteroatoms. The molecule has 2 saturated carbocycles. The molecule has 2 aliphatic rings. The molecular formula is C14H16F2O. The standard InChI is InChI=1S/C14H16F2O/c15-11-7-3-6-10(13(11)16)14(17)12-8-4-1-2-5-9(8)12/h3,6-9,12,14,17H,1-2,4-5H2.